The molecule has 10 heteroatoms. The molecule has 2 aromatic rings. The summed E-state index contributed by atoms with van der Waals surface area (Å²) in [5.41, 5.74) is 1.16. The largest absolute Gasteiger partial charge is 0.496 e. The van der Waals surface area contributed by atoms with E-state index in [1.165, 1.54) is 6.08 Å². The number of fused-ring (bicyclic) bond motifs is 1. The van der Waals surface area contributed by atoms with Gasteiger partial charge in [0.25, 0.3) is 0 Å². The SMILES string of the molecule is COc1cccc2[nH]c(C(=O)CC(CC(C)C)C(=O)NC(/C=C/S(C)(=O)=O)CC3CCNC3=O)cc12. The zero-order valence-corrected chi connectivity index (χ0v) is 22.0. The average Bonchev–Trinajstić information content (AvgIpc) is 3.42. The highest BCUT2D eigenvalue weighted by Crippen LogP contribution is 2.28. The van der Waals surface area contributed by atoms with Gasteiger partial charge in [-0.15, -0.1) is 0 Å². The average molecular weight is 518 g/mol. The molecule has 1 saturated heterocycles. The summed E-state index contributed by atoms with van der Waals surface area (Å²) in [6, 6.07) is 6.58. The Morgan fingerprint density at radius 3 is 2.64 bits per heavy atom. The van der Waals surface area contributed by atoms with Crippen LogP contribution in [-0.2, 0) is 19.4 Å². The highest BCUT2D eigenvalue weighted by atomic mass is 32.2. The van der Waals surface area contributed by atoms with Crippen LogP contribution in [0.3, 0.4) is 0 Å². The molecule has 3 unspecified atom stereocenters. The van der Waals surface area contributed by atoms with Crippen molar-refractivity contribution in [3.8, 4) is 5.75 Å². The Labute approximate surface area is 212 Å². The number of amides is 2. The van der Waals surface area contributed by atoms with Crippen LogP contribution in [0.2, 0.25) is 0 Å². The predicted octanol–water partition coefficient (Wildman–Crippen LogP) is 2.98. The van der Waals surface area contributed by atoms with Crippen LogP contribution < -0.4 is 15.4 Å². The van der Waals surface area contributed by atoms with Crippen LogP contribution in [0.5, 0.6) is 5.75 Å². The molecule has 9 nitrogen and oxygen atoms in total. The number of ketones is 1. The van der Waals surface area contributed by atoms with E-state index >= 15 is 0 Å². The standard InChI is InChI=1S/C26H35N3O6S/c1-16(2)12-18(14-23(30)22-15-20-21(29-22)6-5-7-24(20)35-3)26(32)28-19(9-11-36(4,33)34)13-17-8-10-27-25(17)31/h5-7,9,11,15-19,29H,8,10,12-14H2,1-4H3,(H,27,31)(H,28,32)/b11-9+. The Morgan fingerprint density at radius 2 is 2.03 bits per heavy atom. The van der Waals surface area contributed by atoms with Gasteiger partial charge in [0.2, 0.25) is 11.8 Å². The maximum Gasteiger partial charge on any atom is 0.224 e. The minimum absolute atomic E-state index is 0.00836. The fourth-order valence-electron chi connectivity index (χ4n) is 4.54. The lowest BCUT2D eigenvalue weighted by atomic mass is 9.90. The van der Waals surface area contributed by atoms with E-state index in [9.17, 15) is 22.8 Å². The topological polar surface area (TPSA) is 134 Å². The van der Waals surface area contributed by atoms with Crippen LogP contribution in [0.4, 0.5) is 0 Å². The van der Waals surface area contributed by atoms with Crippen LogP contribution in [-0.4, -0.2) is 57.0 Å². The zero-order chi connectivity index (χ0) is 26.5. The van der Waals surface area contributed by atoms with Crippen LogP contribution >= 0.6 is 0 Å². The van der Waals surface area contributed by atoms with Gasteiger partial charge in [0.15, 0.2) is 15.6 Å². The van der Waals surface area contributed by atoms with E-state index in [1.54, 1.807) is 13.2 Å². The minimum Gasteiger partial charge on any atom is -0.496 e. The van der Waals surface area contributed by atoms with Gasteiger partial charge >= 0.3 is 0 Å². The lowest BCUT2D eigenvalue weighted by Crippen LogP contribution is -2.41. The van der Waals surface area contributed by atoms with Gasteiger partial charge in [-0.25, -0.2) is 8.42 Å². The van der Waals surface area contributed by atoms with Crippen molar-refractivity contribution in [2.45, 2.75) is 45.6 Å². The van der Waals surface area contributed by atoms with Crippen molar-refractivity contribution in [2.24, 2.45) is 17.8 Å². The molecular weight excluding hydrogens is 482 g/mol. The fourth-order valence-corrected chi connectivity index (χ4v) is 5.02. The molecular formula is C26H35N3O6S. The van der Waals surface area contributed by atoms with Gasteiger partial charge in [-0.05, 0) is 43.4 Å². The van der Waals surface area contributed by atoms with Crippen molar-refractivity contribution < 1.29 is 27.5 Å². The molecule has 3 N–H and O–H groups in total. The van der Waals surface area contributed by atoms with Crippen molar-refractivity contribution in [1.82, 2.24) is 15.6 Å². The molecule has 196 valence electrons. The van der Waals surface area contributed by atoms with E-state index in [2.05, 4.69) is 15.6 Å². The Morgan fingerprint density at radius 1 is 1.28 bits per heavy atom. The molecule has 2 amide bonds. The van der Waals surface area contributed by atoms with Crippen LogP contribution in [0.15, 0.2) is 35.7 Å². The quantitative estimate of drug-likeness (QED) is 0.371. The Kier molecular flexibility index (Phi) is 8.94. The van der Waals surface area contributed by atoms with E-state index < -0.39 is 21.8 Å². The summed E-state index contributed by atoms with van der Waals surface area (Å²) < 4.78 is 28.7. The Hall–Kier alpha value is -3.14. The monoisotopic (exact) mass is 517 g/mol. The highest BCUT2D eigenvalue weighted by Gasteiger charge is 2.30. The van der Waals surface area contributed by atoms with E-state index in [0.717, 1.165) is 22.6 Å². The third-order valence-corrected chi connectivity index (χ3v) is 6.94. The number of rotatable bonds is 12. The molecule has 1 fully saturated rings. The summed E-state index contributed by atoms with van der Waals surface area (Å²) in [5.74, 6) is -0.772. The molecule has 0 radical (unpaired) electrons. The Bertz CT molecular complexity index is 1250. The number of Topliss-reactive ketones (excluding diaryl/α,β-unsaturated/α-hetero) is 1. The second-order valence-corrected chi connectivity index (χ2v) is 11.8. The molecule has 1 aliphatic heterocycles. The summed E-state index contributed by atoms with van der Waals surface area (Å²) in [4.78, 5) is 41.7. The number of hydrogen-bond donors (Lipinski definition) is 3. The summed E-state index contributed by atoms with van der Waals surface area (Å²) in [7, 11) is -1.85. The number of ether oxygens (including phenoxy) is 1. The fraction of sp³-hybridized carbons (Fsp3) is 0.500. The van der Waals surface area contributed by atoms with Crippen LogP contribution in [0.1, 0.15) is 50.0 Å². The van der Waals surface area contributed by atoms with E-state index in [0.29, 0.717) is 30.8 Å². The van der Waals surface area contributed by atoms with Crippen molar-refractivity contribution in [1.29, 1.82) is 0 Å². The maximum atomic E-state index is 13.3. The van der Waals surface area contributed by atoms with E-state index in [1.807, 2.05) is 32.0 Å². The molecule has 0 saturated carbocycles. The minimum atomic E-state index is -3.42. The summed E-state index contributed by atoms with van der Waals surface area (Å²) in [6.07, 6.45) is 3.86. The molecule has 3 rings (SSSR count). The highest BCUT2D eigenvalue weighted by molar-refractivity contribution is 7.93. The number of benzene rings is 1. The molecule has 1 aromatic heterocycles. The van der Waals surface area contributed by atoms with Gasteiger partial charge in [0.05, 0.1) is 12.8 Å². The summed E-state index contributed by atoms with van der Waals surface area (Å²) in [5, 5.41) is 7.49. The molecule has 0 bridgehead atoms. The van der Waals surface area contributed by atoms with Crippen molar-refractivity contribution >= 4 is 38.3 Å². The molecule has 2 heterocycles. The van der Waals surface area contributed by atoms with Gasteiger partial charge in [-0.2, -0.15) is 0 Å². The van der Waals surface area contributed by atoms with Crippen molar-refractivity contribution in [2.75, 3.05) is 19.9 Å². The van der Waals surface area contributed by atoms with Crippen LogP contribution in [0, 0.1) is 17.8 Å². The second-order valence-electron chi connectivity index (χ2n) is 9.84. The summed E-state index contributed by atoms with van der Waals surface area (Å²) >= 11 is 0. The first-order valence-electron chi connectivity index (χ1n) is 12.1. The number of aromatic nitrogens is 1. The number of nitrogens with one attached hydrogen (secondary N) is 3. The van der Waals surface area contributed by atoms with Crippen molar-refractivity contribution in [3.05, 3.63) is 41.4 Å². The Balaban J connectivity index is 1.78. The molecule has 1 aliphatic rings. The molecule has 36 heavy (non-hydrogen) atoms. The molecule has 0 aliphatic carbocycles. The number of aromatic amines is 1. The number of methoxy groups -OCH3 is 1. The molecule has 3 atom stereocenters. The number of sulfone groups is 1. The van der Waals surface area contributed by atoms with E-state index in [4.69, 9.17) is 4.74 Å². The van der Waals surface area contributed by atoms with Gasteiger partial charge in [0.1, 0.15) is 5.75 Å². The second kappa shape index (κ2) is 11.7. The van der Waals surface area contributed by atoms with Gasteiger partial charge in [-0.1, -0.05) is 26.0 Å². The first-order chi connectivity index (χ1) is 17.0. The molecule has 0 spiro atoms. The lowest BCUT2D eigenvalue weighted by Gasteiger charge is -2.23. The van der Waals surface area contributed by atoms with Gasteiger partial charge in [-0.3, -0.25) is 14.4 Å². The first-order valence-corrected chi connectivity index (χ1v) is 14.1. The third-order valence-electron chi connectivity index (χ3n) is 6.29. The smallest absolute Gasteiger partial charge is 0.224 e. The number of hydrogen-bond acceptors (Lipinski definition) is 6. The van der Waals surface area contributed by atoms with E-state index in [-0.39, 0.29) is 42.3 Å². The number of H-pyrrole nitrogens is 1. The maximum absolute atomic E-state index is 13.3. The normalized spacial score (nSPS) is 17.9. The van der Waals surface area contributed by atoms with Crippen molar-refractivity contribution in [3.63, 3.8) is 0 Å². The number of carbonyl (C=O) groups excluding carboxylic acids is 3. The van der Waals surface area contributed by atoms with Gasteiger partial charge in [0, 0.05) is 53.4 Å². The van der Waals surface area contributed by atoms with Gasteiger partial charge < -0.3 is 20.4 Å². The third kappa shape index (κ3) is 7.43. The summed E-state index contributed by atoms with van der Waals surface area (Å²) in [6.45, 7) is 4.50. The molecule has 1 aromatic carbocycles. The zero-order valence-electron chi connectivity index (χ0n) is 21.2. The predicted molar refractivity (Wildman–Crippen MR) is 138 cm³/mol. The van der Waals surface area contributed by atoms with Crippen LogP contribution in [0.25, 0.3) is 10.9 Å². The lowest BCUT2D eigenvalue weighted by molar-refractivity contribution is -0.127. The first kappa shape index (κ1) is 27.4. The number of carbonyl (C=O) groups is 3.